The van der Waals surface area contributed by atoms with E-state index in [0.29, 0.717) is 11.8 Å². The molecule has 2 rings (SSSR count). The van der Waals surface area contributed by atoms with Crippen LogP contribution in [0.1, 0.15) is 42.4 Å². The van der Waals surface area contributed by atoms with Crippen LogP contribution in [0.25, 0.3) is 0 Å². The van der Waals surface area contributed by atoms with Crippen LogP contribution in [0.3, 0.4) is 0 Å². The number of aryl methyl sites for hydroxylation is 2. The first-order chi connectivity index (χ1) is 10.0. The Bertz CT molecular complexity index is 587. The summed E-state index contributed by atoms with van der Waals surface area (Å²) in [5.74, 6) is 0.318. The third kappa shape index (κ3) is 3.64. The molecule has 1 unspecified atom stereocenters. The van der Waals surface area contributed by atoms with Crippen LogP contribution >= 0.6 is 0 Å². The zero-order chi connectivity index (χ0) is 15.4. The summed E-state index contributed by atoms with van der Waals surface area (Å²) >= 11 is 0. The number of nitrogens with zero attached hydrogens (tertiary/aromatic N) is 2. The molecule has 4 heteroatoms. The first-order valence-corrected chi connectivity index (χ1v) is 7.58. The van der Waals surface area contributed by atoms with Crippen LogP contribution in [0, 0.1) is 13.8 Å². The van der Waals surface area contributed by atoms with Crippen molar-refractivity contribution in [3.63, 3.8) is 0 Å². The second-order valence-corrected chi connectivity index (χ2v) is 5.49. The van der Waals surface area contributed by atoms with E-state index in [0.717, 1.165) is 25.2 Å². The Hall–Kier alpha value is -1.81. The lowest BCUT2D eigenvalue weighted by molar-refractivity contribution is 0.475. The molecular weight excluding hydrogens is 262 g/mol. The minimum atomic E-state index is 0.294. The van der Waals surface area contributed by atoms with E-state index in [1.54, 1.807) is 12.1 Å². The van der Waals surface area contributed by atoms with Crippen molar-refractivity contribution in [1.29, 1.82) is 0 Å². The number of rotatable bonds is 6. The highest BCUT2D eigenvalue weighted by Gasteiger charge is 2.16. The van der Waals surface area contributed by atoms with Gasteiger partial charge in [0, 0.05) is 23.8 Å². The Morgan fingerprint density at radius 1 is 1.24 bits per heavy atom. The van der Waals surface area contributed by atoms with E-state index in [1.165, 1.54) is 16.8 Å². The lowest BCUT2D eigenvalue weighted by Crippen LogP contribution is -2.22. The minimum absolute atomic E-state index is 0.294. The summed E-state index contributed by atoms with van der Waals surface area (Å²) < 4.78 is 2.06. The molecule has 1 atom stereocenters. The Labute approximate surface area is 126 Å². The standard InChI is InChI=1S/C17H25N3O/c1-5-20-14(4)17(13(3)19-20)12(2)18-11-10-15-6-8-16(21)9-7-15/h6-9,12,18,21H,5,10-11H2,1-4H3. The van der Waals surface area contributed by atoms with Gasteiger partial charge in [-0.25, -0.2) is 0 Å². The number of benzene rings is 1. The van der Waals surface area contributed by atoms with E-state index < -0.39 is 0 Å². The number of hydrogen-bond donors (Lipinski definition) is 2. The van der Waals surface area contributed by atoms with Crippen LogP contribution in [0.15, 0.2) is 24.3 Å². The van der Waals surface area contributed by atoms with Gasteiger partial charge >= 0.3 is 0 Å². The van der Waals surface area contributed by atoms with E-state index in [4.69, 9.17) is 0 Å². The van der Waals surface area contributed by atoms with E-state index in [2.05, 4.69) is 42.8 Å². The predicted molar refractivity (Wildman–Crippen MR) is 85.6 cm³/mol. The van der Waals surface area contributed by atoms with Crippen molar-refractivity contribution in [3.05, 3.63) is 46.8 Å². The van der Waals surface area contributed by atoms with Crippen molar-refractivity contribution in [3.8, 4) is 5.75 Å². The zero-order valence-corrected chi connectivity index (χ0v) is 13.3. The second kappa shape index (κ2) is 6.76. The number of nitrogens with one attached hydrogen (secondary N) is 1. The lowest BCUT2D eigenvalue weighted by atomic mass is 10.1. The number of phenolic OH excluding ortho intramolecular Hbond substituents is 1. The molecule has 0 radical (unpaired) electrons. The fourth-order valence-electron chi connectivity index (χ4n) is 2.84. The quantitative estimate of drug-likeness (QED) is 0.858. The molecule has 2 aromatic rings. The summed E-state index contributed by atoms with van der Waals surface area (Å²) in [6.45, 7) is 10.3. The third-order valence-corrected chi connectivity index (χ3v) is 3.97. The number of aromatic nitrogens is 2. The Balaban J connectivity index is 1.94. The van der Waals surface area contributed by atoms with Gasteiger partial charge in [0.1, 0.15) is 5.75 Å². The molecule has 0 spiro atoms. The van der Waals surface area contributed by atoms with Crippen LogP contribution in [0.2, 0.25) is 0 Å². The van der Waals surface area contributed by atoms with Gasteiger partial charge in [0.15, 0.2) is 0 Å². The zero-order valence-electron chi connectivity index (χ0n) is 13.3. The van der Waals surface area contributed by atoms with Crippen molar-refractivity contribution in [2.75, 3.05) is 6.54 Å². The van der Waals surface area contributed by atoms with Crippen LogP contribution in [-0.2, 0) is 13.0 Å². The average Bonchev–Trinajstić information content (AvgIpc) is 2.75. The van der Waals surface area contributed by atoms with Gasteiger partial charge in [-0.05, 0) is 58.4 Å². The van der Waals surface area contributed by atoms with Gasteiger partial charge < -0.3 is 10.4 Å². The highest BCUT2D eigenvalue weighted by molar-refractivity contribution is 5.28. The van der Waals surface area contributed by atoms with Crippen molar-refractivity contribution < 1.29 is 5.11 Å². The molecule has 4 nitrogen and oxygen atoms in total. The van der Waals surface area contributed by atoms with Crippen molar-refractivity contribution in [2.45, 2.75) is 46.7 Å². The molecule has 0 fully saturated rings. The highest BCUT2D eigenvalue weighted by Crippen LogP contribution is 2.21. The maximum Gasteiger partial charge on any atom is 0.115 e. The molecule has 0 aliphatic carbocycles. The maximum absolute atomic E-state index is 9.28. The number of aromatic hydroxyl groups is 1. The normalized spacial score (nSPS) is 12.6. The summed E-state index contributed by atoms with van der Waals surface area (Å²) in [5.41, 5.74) is 4.89. The van der Waals surface area contributed by atoms with Gasteiger partial charge in [-0.2, -0.15) is 5.10 Å². The highest BCUT2D eigenvalue weighted by atomic mass is 16.3. The Kier molecular flexibility index (Phi) is 5.02. The van der Waals surface area contributed by atoms with Gasteiger partial charge in [0.05, 0.1) is 5.69 Å². The molecule has 21 heavy (non-hydrogen) atoms. The molecule has 0 aliphatic rings. The molecule has 0 aliphatic heterocycles. The molecule has 1 aromatic heterocycles. The Morgan fingerprint density at radius 3 is 2.48 bits per heavy atom. The predicted octanol–water partition coefficient (Wildman–Crippen LogP) is 3.12. The fraction of sp³-hybridized carbons (Fsp3) is 0.471. The largest absolute Gasteiger partial charge is 0.508 e. The van der Waals surface area contributed by atoms with Crippen molar-refractivity contribution in [2.24, 2.45) is 0 Å². The van der Waals surface area contributed by atoms with Gasteiger partial charge in [-0.3, -0.25) is 4.68 Å². The Morgan fingerprint density at radius 2 is 1.90 bits per heavy atom. The second-order valence-electron chi connectivity index (χ2n) is 5.49. The first-order valence-electron chi connectivity index (χ1n) is 7.58. The van der Waals surface area contributed by atoms with Gasteiger partial charge in [0.25, 0.3) is 0 Å². The summed E-state index contributed by atoms with van der Waals surface area (Å²) in [4.78, 5) is 0. The smallest absolute Gasteiger partial charge is 0.115 e. The van der Waals surface area contributed by atoms with Crippen LogP contribution in [-0.4, -0.2) is 21.4 Å². The van der Waals surface area contributed by atoms with E-state index in [-0.39, 0.29) is 0 Å². The number of phenols is 1. The maximum atomic E-state index is 9.28. The monoisotopic (exact) mass is 287 g/mol. The minimum Gasteiger partial charge on any atom is -0.508 e. The van der Waals surface area contributed by atoms with Crippen LogP contribution in [0.4, 0.5) is 0 Å². The van der Waals surface area contributed by atoms with Crippen LogP contribution in [0.5, 0.6) is 5.75 Å². The molecule has 0 saturated heterocycles. The van der Waals surface area contributed by atoms with E-state index in [9.17, 15) is 5.11 Å². The van der Waals surface area contributed by atoms with Gasteiger partial charge in [-0.15, -0.1) is 0 Å². The molecule has 2 N–H and O–H groups in total. The summed E-state index contributed by atoms with van der Waals surface area (Å²) in [5, 5.41) is 17.4. The fourth-order valence-corrected chi connectivity index (χ4v) is 2.84. The van der Waals surface area contributed by atoms with Crippen LogP contribution < -0.4 is 5.32 Å². The van der Waals surface area contributed by atoms with Crippen molar-refractivity contribution >= 4 is 0 Å². The van der Waals surface area contributed by atoms with Gasteiger partial charge in [-0.1, -0.05) is 12.1 Å². The average molecular weight is 287 g/mol. The van der Waals surface area contributed by atoms with E-state index >= 15 is 0 Å². The van der Waals surface area contributed by atoms with Crippen molar-refractivity contribution in [1.82, 2.24) is 15.1 Å². The van der Waals surface area contributed by atoms with Gasteiger partial charge in [0.2, 0.25) is 0 Å². The molecule has 0 amide bonds. The summed E-state index contributed by atoms with van der Waals surface area (Å²) in [6.07, 6.45) is 0.949. The molecule has 0 saturated carbocycles. The molecule has 1 heterocycles. The third-order valence-electron chi connectivity index (χ3n) is 3.97. The molecule has 0 bridgehead atoms. The number of hydrogen-bond acceptors (Lipinski definition) is 3. The lowest BCUT2D eigenvalue weighted by Gasteiger charge is -2.15. The molecule has 114 valence electrons. The topological polar surface area (TPSA) is 50.1 Å². The van der Waals surface area contributed by atoms with E-state index in [1.807, 2.05) is 12.1 Å². The molecular formula is C17H25N3O. The first kappa shape index (κ1) is 15.6. The summed E-state index contributed by atoms with van der Waals surface area (Å²) in [6, 6.07) is 7.69. The summed E-state index contributed by atoms with van der Waals surface area (Å²) in [7, 11) is 0. The SMILES string of the molecule is CCn1nc(C)c(C(C)NCCc2ccc(O)cc2)c1C. The molecule has 1 aromatic carbocycles.